The van der Waals surface area contributed by atoms with Crippen LogP contribution in [0.3, 0.4) is 0 Å². The normalized spacial score (nSPS) is 23.2. The molecular formula is C12H17N5O6. The molecule has 11 nitrogen and oxygen atoms in total. The maximum atomic E-state index is 10.9. The molecule has 5 N–H and O–H groups in total. The third-order valence-corrected chi connectivity index (χ3v) is 2.98. The van der Waals surface area contributed by atoms with Gasteiger partial charge in [0.2, 0.25) is 5.88 Å². The molecule has 11 heteroatoms. The van der Waals surface area contributed by atoms with E-state index in [0.29, 0.717) is 5.56 Å². The number of nitrogens with one attached hydrogen (secondary N) is 2. The number of ether oxygens (including phenoxy) is 2. The number of aryl methyl sites for hydroxylation is 1. The first-order valence-electron chi connectivity index (χ1n) is 6.70. The van der Waals surface area contributed by atoms with Crippen molar-refractivity contribution in [1.82, 2.24) is 25.4 Å². The zero-order valence-corrected chi connectivity index (χ0v) is 12.2. The van der Waals surface area contributed by atoms with Crippen molar-refractivity contribution < 1.29 is 24.8 Å². The third kappa shape index (κ3) is 4.56. The molecule has 1 aliphatic heterocycles. The van der Waals surface area contributed by atoms with Crippen LogP contribution in [0.4, 0.5) is 0 Å². The zero-order valence-electron chi connectivity index (χ0n) is 12.2. The molecule has 23 heavy (non-hydrogen) atoms. The Morgan fingerprint density at radius 3 is 2.74 bits per heavy atom. The van der Waals surface area contributed by atoms with Gasteiger partial charge in [-0.25, -0.2) is 4.79 Å². The van der Waals surface area contributed by atoms with E-state index >= 15 is 0 Å². The molecule has 2 aromatic rings. The Balaban J connectivity index is 0.000000185. The lowest BCUT2D eigenvalue weighted by Crippen LogP contribution is -2.31. The molecule has 0 bridgehead atoms. The third-order valence-electron chi connectivity index (χ3n) is 2.98. The summed E-state index contributed by atoms with van der Waals surface area (Å²) in [5.41, 5.74) is 0.252. The molecule has 3 atom stereocenters. The first-order chi connectivity index (χ1) is 11.0. The molecule has 0 aliphatic carbocycles. The summed E-state index contributed by atoms with van der Waals surface area (Å²) in [5, 5.41) is 35.7. The van der Waals surface area contributed by atoms with Gasteiger partial charge in [-0.05, 0) is 6.92 Å². The average Bonchev–Trinajstić information content (AvgIpc) is 3.15. The second-order valence-electron chi connectivity index (χ2n) is 4.72. The van der Waals surface area contributed by atoms with Crippen molar-refractivity contribution >= 4 is 0 Å². The zero-order chi connectivity index (χ0) is 16.8. The van der Waals surface area contributed by atoms with Crippen molar-refractivity contribution in [2.75, 3.05) is 13.2 Å². The van der Waals surface area contributed by atoms with Crippen LogP contribution in [0.15, 0.2) is 17.2 Å². The highest BCUT2D eigenvalue weighted by atomic mass is 16.5. The lowest BCUT2D eigenvalue weighted by atomic mass is 10.2. The summed E-state index contributed by atoms with van der Waals surface area (Å²) in [6.45, 7) is 1.64. The largest absolute Gasteiger partial charge is 0.417 e. The molecule has 2 aromatic heterocycles. The molecule has 0 spiro atoms. The highest BCUT2D eigenvalue weighted by molar-refractivity contribution is 5.23. The van der Waals surface area contributed by atoms with Crippen LogP contribution in [-0.2, 0) is 4.74 Å². The summed E-state index contributed by atoms with van der Waals surface area (Å²) in [6, 6.07) is 0. The van der Waals surface area contributed by atoms with Crippen molar-refractivity contribution in [3.63, 3.8) is 0 Å². The molecule has 3 heterocycles. The van der Waals surface area contributed by atoms with E-state index in [1.807, 2.05) is 0 Å². The van der Waals surface area contributed by atoms with Crippen molar-refractivity contribution in [2.24, 2.45) is 0 Å². The molecule has 0 saturated carbocycles. The highest BCUT2D eigenvalue weighted by Crippen LogP contribution is 2.16. The van der Waals surface area contributed by atoms with Crippen LogP contribution in [0, 0.1) is 6.92 Å². The summed E-state index contributed by atoms with van der Waals surface area (Å²) in [4.78, 5) is 16.9. The fourth-order valence-electron chi connectivity index (χ4n) is 1.72. The maximum Gasteiger partial charge on any atom is 0.348 e. The van der Waals surface area contributed by atoms with E-state index in [1.165, 1.54) is 12.4 Å². The summed E-state index contributed by atoms with van der Waals surface area (Å²) < 4.78 is 9.97. The molecule has 0 aromatic carbocycles. The van der Waals surface area contributed by atoms with E-state index in [0.717, 1.165) is 0 Å². The minimum Gasteiger partial charge on any atom is -0.417 e. The number of aromatic nitrogens is 5. The number of H-pyrrole nitrogens is 2. The van der Waals surface area contributed by atoms with Crippen molar-refractivity contribution in [3.05, 3.63) is 28.4 Å². The molecule has 0 unspecified atom stereocenters. The van der Waals surface area contributed by atoms with Gasteiger partial charge in [0.1, 0.15) is 18.3 Å². The summed E-state index contributed by atoms with van der Waals surface area (Å²) in [5.74, 6) is 0.494. The van der Waals surface area contributed by atoms with Gasteiger partial charge in [0.25, 0.3) is 5.88 Å². The Hall–Kier alpha value is -2.34. The van der Waals surface area contributed by atoms with E-state index in [4.69, 9.17) is 24.8 Å². The second kappa shape index (κ2) is 7.78. The van der Waals surface area contributed by atoms with Gasteiger partial charge in [-0.15, -0.1) is 0 Å². The number of aliphatic hydroxyl groups excluding tert-OH is 3. The van der Waals surface area contributed by atoms with E-state index in [2.05, 4.69) is 25.4 Å². The van der Waals surface area contributed by atoms with Gasteiger partial charge in [-0.3, -0.25) is 5.10 Å². The second-order valence-corrected chi connectivity index (χ2v) is 4.72. The summed E-state index contributed by atoms with van der Waals surface area (Å²) >= 11 is 0. The average molecular weight is 327 g/mol. The van der Waals surface area contributed by atoms with Crippen LogP contribution in [0.5, 0.6) is 11.8 Å². The van der Waals surface area contributed by atoms with Crippen molar-refractivity contribution in [2.45, 2.75) is 25.2 Å². The molecule has 126 valence electrons. The quantitative estimate of drug-likeness (QED) is 0.432. The van der Waals surface area contributed by atoms with Crippen LogP contribution in [-0.4, -0.2) is 72.2 Å². The standard InChI is InChI=1S/C7H7N5O2.C5H10O4/c1-4-2-8-7(13)10-6(4)14-5-3-9-12-11-5;6-1-4-5(8)3(7)2-9-4/h2-3H,1H3,(H,8,10,13)(H,9,11,12);3-8H,1-2H2/t;3-,4+,5-/m.0/s1. The smallest absolute Gasteiger partial charge is 0.348 e. The van der Waals surface area contributed by atoms with E-state index in [9.17, 15) is 4.79 Å². The first-order valence-corrected chi connectivity index (χ1v) is 6.70. The van der Waals surface area contributed by atoms with Crippen LogP contribution < -0.4 is 10.4 Å². The molecular weight excluding hydrogens is 310 g/mol. The highest BCUT2D eigenvalue weighted by Gasteiger charge is 2.33. The maximum absolute atomic E-state index is 10.9. The van der Waals surface area contributed by atoms with E-state index in [-0.39, 0.29) is 25.0 Å². The topological polar surface area (TPSA) is 166 Å². The lowest BCUT2D eigenvalue weighted by Gasteiger charge is -2.10. The number of aliphatic hydroxyl groups is 3. The van der Waals surface area contributed by atoms with Crippen molar-refractivity contribution in [3.8, 4) is 11.8 Å². The van der Waals surface area contributed by atoms with Crippen LogP contribution in [0.25, 0.3) is 0 Å². The Morgan fingerprint density at radius 2 is 2.22 bits per heavy atom. The number of nitrogens with zero attached hydrogens (tertiary/aromatic N) is 3. The SMILES string of the molecule is Cc1c[nH]c(=O)nc1Oc1c[nH]nn1.OC[C@H]1OC[C@H](O)[C@@H]1O. The number of rotatable bonds is 3. The molecule has 3 rings (SSSR count). The number of aromatic amines is 2. The van der Waals surface area contributed by atoms with Gasteiger partial charge in [0.05, 0.1) is 19.4 Å². The Kier molecular flexibility index (Phi) is 5.76. The molecule has 1 aliphatic rings. The van der Waals surface area contributed by atoms with Crippen LogP contribution >= 0.6 is 0 Å². The predicted molar refractivity (Wildman–Crippen MR) is 74.9 cm³/mol. The fraction of sp³-hybridized carbons (Fsp3) is 0.500. The molecule has 0 radical (unpaired) electrons. The van der Waals surface area contributed by atoms with Gasteiger partial charge in [0.15, 0.2) is 0 Å². The minimum absolute atomic E-state index is 0.117. The van der Waals surface area contributed by atoms with Gasteiger partial charge in [-0.2, -0.15) is 4.98 Å². The lowest BCUT2D eigenvalue weighted by molar-refractivity contribution is -0.00588. The van der Waals surface area contributed by atoms with Gasteiger partial charge >= 0.3 is 5.69 Å². The van der Waals surface area contributed by atoms with E-state index in [1.54, 1.807) is 6.92 Å². The number of hydrogen-bond donors (Lipinski definition) is 5. The van der Waals surface area contributed by atoms with Crippen LogP contribution in [0.1, 0.15) is 5.56 Å². The number of hydrogen-bond acceptors (Lipinski definition) is 9. The van der Waals surface area contributed by atoms with Crippen molar-refractivity contribution in [1.29, 1.82) is 0 Å². The van der Waals surface area contributed by atoms with Gasteiger partial charge in [-0.1, -0.05) is 10.3 Å². The minimum atomic E-state index is -0.921. The Morgan fingerprint density at radius 1 is 1.43 bits per heavy atom. The summed E-state index contributed by atoms with van der Waals surface area (Å²) in [6.07, 6.45) is 0.629. The Labute approximate surface area is 129 Å². The molecule has 0 amide bonds. The predicted octanol–water partition coefficient (Wildman–Crippen LogP) is -1.91. The monoisotopic (exact) mass is 327 g/mol. The Bertz CT molecular complexity index is 660. The van der Waals surface area contributed by atoms with Gasteiger partial charge in [0, 0.05) is 11.8 Å². The summed E-state index contributed by atoms with van der Waals surface area (Å²) in [7, 11) is 0. The van der Waals surface area contributed by atoms with E-state index < -0.39 is 24.0 Å². The fourth-order valence-corrected chi connectivity index (χ4v) is 1.72. The van der Waals surface area contributed by atoms with Crippen LogP contribution in [0.2, 0.25) is 0 Å². The molecule has 1 saturated heterocycles. The van der Waals surface area contributed by atoms with Gasteiger partial charge < -0.3 is 29.8 Å². The first kappa shape index (κ1) is 17.0. The molecule has 1 fully saturated rings.